The van der Waals surface area contributed by atoms with Gasteiger partial charge in [0.05, 0.1) is 13.7 Å². The summed E-state index contributed by atoms with van der Waals surface area (Å²) in [5, 5.41) is 3.01. The fourth-order valence-corrected chi connectivity index (χ4v) is 1.35. The van der Waals surface area contributed by atoms with E-state index in [2.05, 4.69) is 5.32 Å². The number of hydrogen-bond acceptors (Lipinski definition) is 3. The first kappa shape index (κ1) is 10.8. The minimum Gasteiger partial charge on any atom is -0.497 e. The van der Waals surface area contributed by atoms with Crippen LogP contribution in [-0.2, 0) is 11.3 Å². The highest BCUT2D eigenvalue weighted by atomic mass is 16.5. The van der Waals surface area contributed by atoms with Gasteiger partial charge in [0.25, 0.3) is 0 Å². The van der Waals surface area contributed by atoms with Crippen LogP contribution in [-0.4, -0.2) is 7.11 Å². The first-order valence-electron chi connectivity index (χ1n) is 5.11. The van der Waals surface area contributed by atoms with Gasteiger partial charge >= 0.3 is 0 Å². The Morgan fingerprint density at radius 2 is 1.94 bits per heavy atom. The quantitative estimate of drug-likeness (QED) is 0.838. The van der Waals surface area contributed by atoms with E-state index >= 15 is 0 Å². The number of benzene rings is 1. The second-order valence-electron chi connectivity index (χ2n) is 3.36. The van der Waals surface area contributed by atoms with Crippen molar-refractivity contribution in [2.24, 2.45) is 0 Å². The highest BCUT2D eigenvalue weighted by Crippen LogP contribution is 2.14. The van der Waals surface area contributed by atoms with Gasteiger partial charge in [-0.3, -0.25) is 0 Å². The van der Waals surface area contributed by atoms with Gasteiger partial charge in [-0.05, 0) is 36.0 Å². The van der Waals surface area contributed by atoms with Crippen molar-refractivity contribution in [3.8, 4) is 5.75 Å². The summed E-state index contributed by atoms with van der Waals surface area (Å²) in [5.41, 5.74) is 1.11. The highest BCUT2D eigenvalue weighted by molar-refractivity contribution is 5.27. The molecule has 0 aromatic heterocycles. The molecule has 1 radical (unpaired) electrons. The Morgan fingerprint density at radius 3 is 2.56 bits per heavy atom. The van der Waals surface area contributed by atoms with Gasteiger partial charge in [0, 0.05) is 0 Å². The molecule has 1 aromatic carbocycles. The first-order valence-corrected chi connectivity index (χ1v) is 5.11. The van der Waals surface area contributed by atoms with Crippen molar-refractivity contribution in [1.29, 1.82) is 0 Å². The summed E-state index contributed by atoms with van der Waals surface area (Å²) in [6, 6.07) is 7.82. The number of allylic oxidation sites excluding steroid dienone is 2. The predicted octanol–water partition coefficient (Wildman–Crippen LogP) is 2.37. The maximum atomic E-state index is 5.57. The SMILES string of the molecule is COc1ccc(CO[C]2C=CC=CN2)cc1. The molecule has 0 unspecified atom stereocenters. The maximum Gasteiger partial charge on any atom is 0.210 e. The number of rotatable bonds is 4. The summed E-state index contributed by atoms with van der Waals surface area (Å²) in [5.74, 6) is 0.857. The third kappa shape index (κ3) is 2.87. The molecular formula is C13H14NO2. The molecule has 1 aliphatic rings. The van der Waals surface area contributed by atoms with E-state index in [-0.39, 0.29) is 0 Å². The zero-order valence-electron chi connectivity index (χ0n) is 9.14. The van der Waals surface area contributed by atoms with Crippen molar-refractivity contribution < 1.29 is 9.47 Å². The molecule has 3 heteroatoms. The largest absolute Gasteiger partial charge is 0.497 e. The summed E-state index contributed by atoms with van der Waals surface area (Å²) in [7, 11) is 1.66. The Balaban J connectivity index is 1.84. The Kier molecular flexibility index (Phi) is 3.62. The molecule has 16 heavy (non-hydrogen) atoms. The summed E-state index contributed by atoms with van der Waals surface area (Å²) in [6.45, 7) is 0.546. The number of nitrogens with one attached hydrogen (secondary N) is 1. The third-order valence-corrected chi connectivity index (χ3v) is 2.23. The fourth-order valence-electron chi connectivity index (χ4n) is 1.35. The number of hydrogen-bond donors (Lipinski definition) is 1. The molecule has 1 aliphatic heterocycles. The van der Waals surface area contributed by atoms with Crippen molar-refractivity contribution in [3.63, 3.8) is 0 Å². The van der Waals surface area contributed by atoms with Gasteiger partial charge in [-0.25, -0.2) is 0 Å². The summed E-state index contributed by atoms with van der Waals surface area (Å²) in [6.07, 6.45) is 8.34. The van der Waals surface area contributed by atoms with E-state index in [9.17, 15) is 0 Å². The molecule has 0 fully saturated rings. The van der Waals surface area contributed by atoms with Crippen molar-refractivity contribution in [1.82, 2.24) is 5.32 Å². The molecule has 0 spiro atoms. The Bertz CT molecular complexity index is 381. The van der Waals surface area contributed by atoms with Gasteiger partial charge in [-0.15, -0.1) is 0 Å². The number of methoxy groups -OCH3 is 1. The standard InChI is InChI=1S/C13H14NO2/c1-15-12-7-5-11(6-8-12)10-16-13-4-2-3-9-14-13/h2-9,14H,10H2,1H3. The Labute approximate surface area is 95.4 Å². The third-order valence-electron chi connectivity index (χ3n) is 2.23. The number of ether oxygens (including phenoxy) is 2. The summed E-state index contributed by atoms with van der Waals surface area (Å²) < 4.78 is 10.7. The van der Waals surface area contributed by atoms with E-state index in [0.29, 0.717) is 6.61 Å². The minimum atomic E-state index is 0.546. The van der Waals surface area contributed by atoms with Gasteiger partial charge in [0.15, 0.2) is 0 Å². The van der Waals surface area contributed by atoms with Crippen LogP contribution in [0.25, 0.3) is 0 Å². The van der Waals surface area contributed by atoms with Gasteiger partial charge in [-0.1, -0.05) is 18.2 Å². The molecule has 0 amide bonds. The van der Waals surface area contributed by atoms with Crippen molar-refractivity contribution in [2.75, 3.05) is 7.11 Å². The molecule has 83 valence electrons. The second-order valence-corrected chi connectivity index (χ2v) is 3.36. The second kappa shape index (κ2) is 5.37. The van der Waals surface area contributed by atoms with E-state index < -0.39 is 0 Å². The lowest BCUT2D eigenvalue weighted by molar-refractivity contribution is 0.136. The van der Waals surface area contributed by atoms with Crippen molar-refractivity contribution in [3.05, 3.63) is 60.5 Å². The molecule has 0 saturated carbocycles. The molecule has 1 aromatic rings. The normalized spacial score (nSPS) is 14.8. The Hall–Kier alpha value is -1.74. The zero-order chi connectivity index (χ0) is 11.2. The molecule has 1 N–H and O–H groups in total. The lowest BCUT2D eigenvalue weighted by atomic mass is 10.2. The fraction of sp³-hybridized carbons (Fsp3) is 0.154. The van der Waals surface area contributed by atoms with Gasteiger partial charge in [-0.2, -0.15) is 0 Å². The molecule has 1 heterocycles. The van der Waals surface area contributed by atoms with Gasteiger partial charge < -0.3 is 14.8 Å². The van der Waals surface area contributed by atoms with Crippen molar-refractivity contribution in [2.45, 2.75) is 6.61 Å². The van der Waals surface area contributed by atoms with E-state index in [1.54, 1.807) is 7.11 Å². The Morgan fingerprint density at radius 1 is 1.12 bits per heavy atom. The van der Waals surface area contributed by atoms with E-state index in [4.69, 9.17) is 9.47 Å². The molecule has 0 atom stereocenters. The average molecular weight is 216 g/mol. The predicted molar refractivity (Wildman–Crippen MR) is 62.4 cm³/mol. The van der Waals surface area contributed by atoms with Crippen LogP contribution in [0.1, 0.15) is 5.56 Å². The van der Waals surface area contributed by atoms with Crippen LogP contribution in [0.5, 0.6) is 5.75 Å². The molecule has 0 saturated heterocycles. The topological polar surface area (TPSA) is 30.5 Å². The highest BCUT2D eigenvalue weighted by Gasteiger charge is 2.06. The molecule has 0 bridgehead atoms. The van der Waals surface area contributed by atoms with Gasteiger partial charge in [0.2, 0.25) is 6.23 Å². The minimum absolute atomic E-state index is 0.546. The van der Waals surface area contributed by atoms with Crippen LogP contribution in [0.15, 0.2) is 48.7 Å². The maximum absolute atomic E-state index is 5.57. The van der Waals surface area contributed by atoms with E-state index in [1.165, 1.54) is 0 Å². The summed E-state index contributed by atoms with van der Waals surface area (Å²) >= 11 is 0. The van der Waals surface area contributed by atoms with E-state index in [1.807, 2.05) is 48.7 Å². The van der Waals surface area contributed by atoms with Crippen LogP contribution in [0.3, 0.4) is 0 Å². The van der Waals surface area contributed by atoms with Crippen LogP contribution in [0.2, 0.25) is 0 Å². The monoisotopic (exact) mass is 216 g/mol. The number of dihydropyridines is 1. The molecule has 0 aliphatic carbocycles. The zero-order valence-corrected chi connectivity index (χ0v) is 9.14. The van der Waals surface area contributed by atoms with Crippen LogP contribution >= 0.6 is 0 Å². The average Bonchev–Trinajstić information content (AvgIpc) is 2.38. The van der Waals surface area contributed by atoms with Crippen molar-refractivity contribution >= 4 is 0 Å². The van der Waals surface area contributed by atoms with Crippen LogP contribution < -0.4 is 10.1 Å². The van der Waals surface area contributed by atoms with E-state index in [0.717, 1.165) is 17.5 Å². The lowest BCUT2D eigenvalue weighted by Gasteiger charge is -2.14. The van der Waals surface area contributed by atoms with Crippen LogP contribution in [0.4, 0.5) is 0 Å². The molecule has 2 rings (SSSR count). The molecule has 3 nitrogen and oxygen atoms in total. The van der Waals surface area contributed by atoms with Crippen LogP contribution in [0, 0.1) is 6.23 Å². The molecular weight excluding hydrogens is 202 g/mol. The smallest absolute Gasteiger partial charge is 0.210 e. The lowest BCUT2D eigenvalue weighted by Crippen LogP contribution is -2.17. The summed E-state index contributed by atoms with van der Waals surface area (Å²) in [4.78, 5) is 0. The first-order chi connectivity index (χ1) is 7.88. The van der Waals surface area contributed by atoms with Gasteiger partial charge in [0.1, 0.15) is 5.75 Å².